The van der Waals surface area contributed by atoms with E-state index in [2.05, 4.69) is 10.3 Å². The predicted octanol–water partition coefficient (Wildman–Crippen LogP) is 3.93. The number of halogens is 2. The highest BCUT2D eigenvalue weighted by atomic mass is 35.5. The molecule has 2 amide bonds. The lowest BCUT2D eigenvalue weighted by Crippen LogP contribution is -2.56. The lowest BCUT2D eigenvalue weighted by molar-refractivity contribution is -0.133. The van der Waals surface area contributed by atoms with Crippen molar-refractivity contribution in [1.29, 1.82) is 5.26 Å². The SMILES string of the molecule is C[C@@H]1C[C@H](N2C(=O)C[C@@](C)(c3cccc(NC(=O)c4ccc(F)c(C#N)c4)c3Cl)N=C2N)CCO1. The third kappa shape index (κ3) is 4.85. The molecule has 2 aliphatic heterocycles. The highest BCUT2D eigenvalue weighted by Crippen LogP contribution is 2.41. The maximum absolute atomic E-state index is 13.6. The zero-order valence-electron chi connectivity index (χ0n) is 19.3. The topological polar surface area (TPSA) is 121 Å². The smallest absolute Gasteiger partial charge is 0.255 e. The van der Waals surface area contributed by atoms with E-state index in [0.29, 0.717) is 30.7 Å². The lowest BCUT2D eigenvalue weighted by Gasteiger charge is -2.41. The molecular weight excluding hydrogens is 473 g/mol. The number of aliphatic imine (C=N–C) groups is 1. The monoisotopic (exact) mass is 497 g/mol. The molecule has 182 valence electrons. The van der Waals surface area contributed by atoms with E-state index in [1.165, 1.54) is 12.1 Å². The van der Waals surface area contributed by atoms with Gasteiger partial charge in [0.05, 0.1) is 34.3 Å². The molecule has 0 bridgehead atoms. The fraction of sp³-hybridized carbons (Fsp3) is 0.360. The number of nitriles is 1. The van der Waals surface area contributed by atoms with Gasteiger partial charge in [-0.25, -0.2) is 9.38 Å². The van der Waals surface area contributed by atoms with Crippen LogP contribution in [0.15, 0.2) is 41.4 Å². The van der Waals surface area contributed by atoms with E-state index in [0.717, 1.165) is 6.07 Å². The van der Waals surface area contributed by atoms with Crippen molar-refractivity contribution in [1.82, 2.24) is 4.90 Å². The number of benzene rings is 2. The van der Waals surface area contributed by atoms with Gasteiger partial charge in [-0.1, -0.05) is 23.7 Å². The highest BCUT2D eigenvalue weighted by Gasteiger charge is 2.42. The number of carbonyl (C=O) groups is 2. The number of nitrogens with two attached hydrogens (primary N) is 1. The Kier molecular flexibility index (Phi) is 6.79. The summed E-state index contributed by atoms with van der Waals surface area (Å²) in [6.45, 7) is 4.29. The van der Waals surface area contributed by atoms with Crippen molar-refractivity contribution in [3.8, 4) is 6.07 Å². The third-order valence-corrected chi connectivity index (χ3v) is 6.78. The largest absolute Gasteiger partial charge is 0.378 e. The van der Waals surface area contributed by atoms with Gasteiger partial charge < -0.3 is 15.8 Å². The number of ether oxygens (including phenoxy) is 1. The summed E-state index contributed by atoms with van der Waals surface area (Å²) in [6, 6.07) is 10.2. The Morgan fingerprint density at radius 2 is 2.17 bits per heavy atom. The van der Waals surface area contributed by atoms with Crippen LogP contribution >= 0.6 is 11.6 Å². The summed E-state index contributed by atoms with van der Waals surface area (Å²) < 4.78 is 19.2. The summed E-state index contributed by atoms with van der Waals surface area (Å²) in [6.07, 6.45) is 1.45. The van der Waals surface area contributed by atoms with Crippen LogP contribution < -0.4 is 11.1 Å². The van der Waals surface area contributed by atoms with Crippen LogP contribution in [-0.2, 0) is 15.1 Å². The van der Waals surface area contributed by atoms with Crippen LogP contribution in [0.1, 0.15) is 54.6 Å². The molecule has 2 heterocycles. The van der Waals surface area contributed by atoms with E-state index in [4.69, 9.17) is 27.3 Å². The molecule has 3 atom stereocenters. The quantitative estimate of drug-likeness (QED) is 0.662. The van der Waals surface area contributed by atoms with E-state index in [-0.39, 0.29) is 46.6 Å². The van der Waals surface area contributed by atoms with Gasteiger partial charge in [-0.2, -0.15) is 5.26 Å². The number of hydrogen-bond donors (Lipinski definition) is 2. The Bertz CT molecular complexity index is 1260. The minimum absolute atomic E-state index is 0.0303. The van der Waals surface area contributed by atoms with E-state index < -0.39 is 17.3 Å². The third-order valence-electron chi connectivity index (χ3n) is 6.37. The summed E-state index contributed by atoms with van der Waals surface area (Å²) in [5, 5.41) is 11.9. The minimum atomic E-state index is -1.03. The second kappa shape index (κ2) is 9.64. The second-order valence-electron chi connectivity index (χ2n) is 8.97. The Labute approximate surface area is 207 Å². The standard InChI is InChI=1S/C25H25ClFN5O3/c1-14-10-17(8-9-35-14)32-21(33)12-25(2,31-24(32)29)18-4-3-5-20(22(18)26)30-23(34)15-6-7-19(27)16(11-15)13-28/h3-7,11,14,17H,8-10,12H2,1-2H3,(H2,29,31)(H,30,34)/t14-,17-,25+/m1/s1. The van der Waals surface area contributed by atoms with Crippen LogP contribution in [0.4, 0.5) is 10.1 Å². The average molecular weight is 498 g/mol. The van der Waals surface area contributed by atoms with E-state index >= 15 is 0 Å². The normalized spacial score (nSPS) is 24.5. The fourth-order valence-electron chi connectivity index (χ4n) is 4.60. The molecule has 3 N–H and O–H groups in total. The fourth-order valence-corrected chi connectivity index (χ4v) is 4.98. The number of amides is 2. The molecule has 4 rings (SSSR count). The molecule has 35 heavy (non-hydrogen) atoms. The van der Waals surface area contributed by atoms with Gasteiger partial charge in [-0.05, 0) is 51.0 Å². The maximum atomic E-state index is 13.6. The van der Waals surface area contributed by atoms with E-state index in [1.54, 1.807) is 36.1 Å². The zero-order valence-corrected chi connectivity index (χ0v) is 20.1. The first-order valence-electron chi connectivity index (χ1n) is 11.2. The Morgan fingerprint density at radius 1 is 1.40 bits per heavy atom. The average Bonchev–Trinajstić information content (AvgIpc) is 2.80. The van der Waals surface area contributed by atoms with Gasteiger partial charge in [0.25, 0.3) is 5.91 Å². The van der Waals surface area contributed by atoms with Crippen molar-refractivity contribution in [3.05, 3.63) is 63.9 Å². The molecule has 0 saturated carbocycles. The molecule has 1 saturated heterocycles. The van der Waals surface area contributed by atoms with E-state index in [9.17, 15) is 14.0 Å². The van der Waals surface area contributed by atoms with Crippen LogP contribution in [0.2, 0.25) is 5.02 Å². The van der Waals surface area contributed by atoms with Gasteiger partial charge in [0.1, 0.15) is 11.9 Å². The molecule has 2 aromatic rings. The van der Waals surface area contributed by atoms with Gasteiger partial charge in [-0.3, -0.25) is 14.5 Å². The van der Waals surface area contributed by atoms with Gasteiger partial charge >= 0.3 is 0 Å². The first-order valence-corrected chi connectivity index (χ1v) is 11.6. The summed E-state index contributed by atoms with van der Waals surface area (Å²) in [5.74, 6) is -1.30. The van der Waals surface area contributed by atoms with Crippen molar-refractivity contribution in [2.45, 2.75) is 50.8 Å². The van der Waals surface area contributed by atoms with Crippen molar-refractivity contribution < 1.29 is 18.7 Å². The van der Waals surface area contributed by atoms with Crippen LogP contribution in [0.25, 0.3) is 0 Å². The lowest BCUT2D eigenvalue weighted by atomic mass is 9.86. The summed E-state index contributed by atoms with van der Waals surface area (Å²) in [5.41, 5.74) is 5.95. The second-order valence-corrected chi connectivity index (χ2v) is 9.35. The van der Waals surface area contributed by atoms with Gasteiger partial charge in [-0.15, -0.1) is 0 Å². The van der Waals surface area contributed by atoms with Crippen LogP contribution in [0.3, 0.4) is 0 Å². The van der Waals surface area contributed by atoms with Gasteiger partial charge in [0.2, 0.25) is 5.91 Å². The first kappa shape index (κ1) is 24.6. The molecular formula is C25H25ClFN5O3. The maximum Gasteiger partial charge on any atom is 0.255 e. The van der Waals surface area contributed by atoms with Crippen molar-refractivity contribution in [2.75, 3.05) is 11.9 Å². The molecule has 0 radical (unpaired) electrons. The molecule has 8 nitrogen and oxygen atoms in total. The highest BCUT2D eigenvalue weighted by molar-refractivity contribution is 6.35. The minimum Gasteiger partial charge on any atom is -0.378 e. The van der Waals surface area contributed by atoms with Crippen molar-refractivity contribution in [3.63, 3.8) is 0 Å². The number of nitrogens with one attached hydrogen (secondary N) is 1. The molecule has 0 spiro atoms. The van der Waals surface area contributed by atoms with Crippen LogP contribution in [0, 0.1) is 17.1 Å². The Morgan fingerprint density at radius 3 is 2.86 bits per heavy atom. The van der Waals surface area contributed by atoms with Gasteiger partial charge in [0.15, 0.2) is 5.96 Å². The number of nitrogens with zero attached hydrogens (tertiary/aromatic N) is 3. The van der Waals surface area contributed by atoms with Gasteiger partial charge in [0, 0.05) is 23.8 Å². The zero-order chi connectivity index (χ0) is 25.3. The Hall–Kier alpha value is -3.48. The molecule has 0 aliphatic carbocycles. The number of anilines is 1. The van der Waals surface area contributed by atoms with Crippen molar-refractivity contribution >= 4 is 35.1 Å². The number of rotatable bonds is 4. The number of guanidine groups is 1. The summed E-state index contributed by atoms with van der Waals surface area (Å²) in [7, 11) is 0. The molecule has 10 heteroatoms. The molecule has 0 unspecified atom stereocenters. The molecule has 2 aliphatic rings. The number of hydrogen-bond acceptors (Lipinski definition) is 6. The van der Waals surface area contributed by atoms with Crippen LogP contribution in [-0.4, -0.2) is 41.4 Å². The summed E-state index contributed by atoms with van der Waals surface area (Å²) in [4.78, 5) is 32.2. The number of carbonyl (C=O) groups excluding carboxylic acids is 2. The predicted molar refractivity (Wildman–Crippen MR) is 129 cm³/mol. The first-order chi connectivity index (χ1) is 16.6. The van der Waals surface area contributed by atoms with E-state index in [1.807, 2.05) is 6.92 Å². The summed E-state index contributed by atoms with van der Waals surface area (Å²) >= 11 is 6.67. The molecule has 2 aromatic carbocycles. The molecule has 0 aromatic heterocycles. The molecule has 1 fully saturated rings. The van der Waals surface area contributed by atoms with Crippen molar-refractivity contribution in [2.24, 2.45) is 10.7 Å². The Balaban J connectivity index is 1.61. The van der Waals surface area contributed by atoms with Crippen LogP contribution in [0.5, 0.6) is 0 Å².